The summed E-state index contributed by atoms with van der Waals surface area (Å²) in [5.41, 5.74) is 0.453. The average Bonchev–Trinajstić information content (AvgIpc) is 2.20. The van der Waals surface area contributed by atoms with Crippen molar-refractivity contribution in [3.8, 4) is 0 Å². The van der Waals surface area contributed by atoms with Crippen LogP contribution < -0.4 is 0 Å². The summed E-state index contributed by atoms with van der Waals surface area (Å²) in [6, 6.07) is 5.63. The van der Waals surface area contributed by atoms with E-state index < -0.39 is 5.60 Å². The maximum Gasteiger partial charge on any atom is 0.0696 e. The van der Waals surface area contributed by atoms with Gasteiger partial charge in [0.25, 0.3) is 0 Å². The molecule has 1 fully saturated rings. The normalized spacial score (nSPS) is 30.3. The fraction of sp³-hybridized carbons (Fsp3) is 0.625. The number of benzene rings is 1. The Morgan fingerprint density at radius 1 is 1.26 bits per heavy atom. The Kier molecular flexibility index (Phi) is 4.21. The predicted octanol–water partition coefficient (Wildman–Crippen LogP) is 5.11. The fourth-order valence-electron chi connectivity index (χ4n) is 3.87. The highest BCUT2D eigenvalue weighted by Crippen LogP contribution is 2.45. The summed E-state index contributed by atoms with van der Waals surface area (Å²) in [5, 5.41) is 12.1. The van der Waals surface area contributed by atoms with Gasteiger partial charge in [0.15, 0.2) is 0 Å². The molecular weight excluding hydrogens is 279 g/mol. The van der Waals surface area contributed by atoms with Crippen molar-refractivity contribution in [2.75, 3.05) is 0 Å². The quantitative estimate of drug-likeness (QED) is 0.804. The second-order valence-electron chi connectivity index (χ2n) is 6.97. The molecule has 0 aliphatic heterocycles. The Balaban J connectivity index is 2.23. The van der Waals surface area contributed by atoms with E-state index >= 15 is 0 Å². The van der Waals surface area contributed by atoms with E-state index in [-0.39, 0.29) is 5.41 Å². The smallest absolute Gasteiger partial charge is 0.0696 e. The summed E-state index contributed by atoms with van der Waals surface area (Å²) in [4.78, 5) is 0. The molecule has 1 nitrogen and oxygen atoms in total. The lowest BCUT2D eigenvalue weighted by atomic mass is 9.64. The van der Waals surface area contributed by atoms with E-state index in [2.05, 4.69) is 20.8 Å². The summed E-state index contributed by atoms with van der Waals surface area (Å²) in [6.45, 7) is 6.67. The van der Waals surface area contributed by atoms with E-state index in [1.807, 2.05) is 12.1 Å². The third-order valence-corrected chi connectivity index (χ3v) is 4.85. The van der Waals surface area contributed by atoms with Gasteiger partial charge < -0.3 is 5.11 Å². The van der Waals surface area contributed by atoms with Crippen LogP contribution in [-0.2, 0) is 6.42 Å². The van der Waals surface area contributed by atoms with Gasteiger partial charge in [-0.3, -0.25) is 0 Å². The lowest BCUT2D eigenvalue weighted by Gasteiger charge is -2.45. The molecular formula is C16H22Cl2O. The Bertz CT molecular complexity index is 470. The van der Waals surface area contributed by atoms with Crippen LogP contribution in [0.2, 0.25) is 10.0 Å². The van der Waals surface area contributed by atoms with Crippen LogP contribution >= 0.6 is 23.2 Å². The molecule has 3 heteroatoms. The first-order chi connectivity index (χ1) is 8.71. The SMILES string of the molecule is CC1CC(C)(C)CC(O)(Cc2cccc(Cl)c2Cl)C1. The average molecular weight is 301 g/mol. The molecule has 0 aromatic heterocycles. The Morgan fingerprint density at radius 3 is 2.58 bits per heavy atom. The number of rotatable bonds is 2. The number of aliphatic hydroxyl groups is 1. The maximum absolute atomic E-state index is 10.9. The van der Waals surface area contributed by atoms with Gasteiger partial charge in [-0.2, -0.15) is 0 Å². The van der Waals surface area contributed by atoms with Crippen molar-refractivity contribution >= 4 is 23.2 Å². The molecule has 2 unspecified atom stereocenters. The maximum atomic E-state index is 10.9. The third kappa shape index (κ3) is 3.65. The van der Waals surface area contributed by atoms with Crippen LogP contribution in [0.15, 0.2) is 18.2 Å². The van der Waals surface area contributed by atoms with E-state index in [1.54, 1.807) is 6.07 Å². The van der Waals surface area contributed by atoms with Crippen molar-refractivity contribution in [1.29, 1.82) is 0 Å². The first-order valence-corrected chi connectivity index (χ1v) is 7.62. The van der Waals surface area contributed by atoms with Crippen LogP contribution in [0.25, 0.3) is 0 Å². The molecule has 1 saturated carbocycles. The van der Waals surface area contributed by atoms with Crippen molar-refractivity contribution in [3.63, 3.8) is 0 Å². The minimum absolute atomic E-state index is 0.178. The number of halogens is 2. The van der Waals surface area contributed by atoms with Gasteiger partial charge in [0.1, 0.15) is 0 Å². The van der Waals surface area contributed by atoms with Crippen molar-refractivity contribution in [3.05, 3.63) is 33.8 Å². The molecule has 106 valence electrons. The van der Waals surface area contributed by atoms with Crippen molar-refractivity contribution in [2.24, 2.45) is 11.3 Å². The summed E-state index contributed by atoms with van der Waals surface area (Å²) >= 11 is 12.3. The largest absolute Gasteiger partial charge is 0.390 e. The van der Waals surface area contributed by atoms with Gasteiger partial charge in [-0.15, -0.1) is 0 Å². The second kappa shape index (κ2) is 5.27. The van der Waals surface area contributed by atoms with Crippen LogP contribution in [0.1, 0.15) is 45.6 Å². The van der Waals surface area contributed by atoms with Gasteiger partial charge in [0.2, 0.25) is 0 Å². The molecule has 19 heavy (non-hydrogen) atoms. The highest BCUT2D eigenvalue weighted by atomic mass is 35.5. The Hall–Kier alpha value is -0.240. The minimum atomic E-state index is -0.671. The van der Waals surface area contributed by atoms with Crippen LogP contribution in [0.4, 0.5) is 0 Å². The molecule has 1 N–H and O–H groups in total. The first-order valence-electron chi connectivity index (χ1n) is 6.86. The predicted molar refractivity (Wildman–Crippen MR) is 81.9 cm³/mol. The molecule has 0 radical (unpaired) electrons. The molecule has 1 aromatic rings. The zero-order valence-electron chi connectivity index (χ0n) is 11.8. The monoisotopic (exact) mass is 300 g/mol. The van der Waals surface area contributed by atoms with Crippen molar-refractivity contribution < 1.29 is 5.11 Å². The summed E-state index contributed by atoms with van der Waals surface area (Å²) in [7, 11) is 0. The van der Waals surface area contributed by atoms with Gasteiger partial charge in [0.05, 0.1) is 15.6 Å². The van der Waals surface area contributed by atoms with Gasteiger partial charge >= 0.3 is 0 Å². The summed E-state index contributed by atoms with van der Waals surface area (Å²) in [5.74, 6) is 0.534. The van der Waals surface area contributed by atoms with Gasteiger partial charge in [-0.25, -0.2) is 0 Å². The molecule has 2 rings (SSSR count). The lowest BCUT2D eigenvalue weighted by molar-refractivity contribution is -0.0574. The lowest BCUT2D eigenvalue weighted by Crippen LogP contribution is -2.43. The Morgan fingerprint density at radius 2 is 1.95 bits per heavy atom. The summed E-state index contributed by atoms with van der Waals surface area (Å²) in [6.07, 6.45) is 3.39. The first kappa shape index (κ1) is 15.2. The summed E-state index contributed by atoms with van der Waals surface area (Å²) < 4.78 is 0. The van der Waals surface area contributed by atoms with Gasteiger partial charge in [0, 0.05) is 6.42 Å². The van der Waals surface area contributed by atoms with E-state index in [0.717, 1.165) is 18.4 Å². The molecule has 1 aromatic carbocycles. The van der Waals surface area contributed by atoms with Crippen LogP contribution in [0, 0.1) is 11.3 Å². The molecule has 0 bridgehead atoms. The highest BCUT2D eigenvalue weighted by molar-refractivity contribution is 6.42. The third-order valence-electron chi connectivity index (χ3n) is 3.99. The fourth-order valence-corrected chi connectivity index (χ4v) is 4.26. The van der Waals surface area contributed by atoms with Crippen LogP contribution in [0.3, 0.4) is 0 Å². The molecule has 0 spiro atoms. The zero-order chi connectivity index (χ0) is 14.3. The molecule has 2 atom stereocenters. The zero-order valence-corrected chi connectivity index (χ0v) is 13.4. The van der Waals surface area contributed by atoms with Crippen molar-refractivity contribution in [1.82, 2.24) is 0 Å². The van der Waals surface area contributed by atoms with Gasteiger partial charge in [-0.05, 0) is 42.2 Å². The van der Waals surface area contributed by atoms with Gasteiger partial charge in [-0.1, -0.05) is 56.1 Å². The molecule has 0 heterocycles. The topological polar surface area (TPSA) is 20.2 Å². The standard InChI is InChI=1S/C16H22Cl2O/c1-11-7-15(2,3)10-16(19,8-11)9-12-5-4-6-13(17)14(12)18/h4-6,11,19H,7-10H2,1-3H3. The van der Waals surface area contributed by atoms with Crippen molar-refractivity contribution in [2.45, 2.75) is 52.1 Å². The number of hydrogen-bond acceptors (Lipinski definition) is 1. The van der Waals surface area contributed by atoms with Crippen LogP contribution in [-0.4, -0.2) is 10.7 Å². The van der Waals surface area contributed by atoms with E-state index in [1.165, 1.54) is 6.42 Å². The van der Waals surface area contributed by atoms with E-state index in [9.17, 15) is 5.11 Å². The minimum Gasteiger partial charge on any atom is -0.390 e. The molecule has 0 amide bonds. The highest BCUT2D eigenvalue weighted by Gasteiger charge is 2.41. The van der Waals surface area contributed by atoms with E-state index in [4.69, 9.17) is 23.2 Å². The molecule has 0 saturated heterocycles. The second-order valence-corrected chi connectivity index (χ2v) is 7.75. The van der Waals surface area contributed by atoms with E-state index in [0.29, 0.717) is 22.4 Å². The number of hydrogen-bond donors (Lipinski definition) is 1. The molecule has 1 aliphatic rings. The Labute approximate surface area is 125 Å². The molecule has 1 aliphatic carbocycles. The van der Waals surface area contributed by atoms with Crippen LogP contribution in [0.5, 0.6) is 0 Å².